The highest BCUT2D eigenvalue weighted by Gasteiger charge is 2.30. The predicted molar refractivity (Wildman–Crippen MR) is 99.7 cm³/mol. The fraction of sp³-hybridized carbons (Fsp3) is 0.0476. The summed E-state index contributed by atoms with van der Waals surface area (Å²) >= 11 is 0. The number of para-hydroxylation sites is 1. The van der Waals surface area contributed by atoms with Crippen LogP contribution in [0.25, 0.3) is 22.2 Å². The van der Waals surface area contributed by atoms with Gasteiger partial charge in [0, 0.05) is 29.0 Å². The van der Waals surface area contributed by atoms with E-state index >= 15 is 0 Å². The van der Waals surface area contributed by atoms with Crippen LogP contribution >= 0.6 is 0 Å². The second-order valence-corrected chi connectivity index (χ2v) is 6.01. The lowest BCUT2D eigenvalue weighted by atomic mass is 10.0. The van der Waals surface area contributed by atoms with E-state index in [1.807, 2.05) is 36.4 Å². The maximum Gasteiger partial charge on any atom is 0.416 e. The van der Waals surface area contributed by atoms with Crippen molar-refractivity contribution in [3.8, 4) is 11.3 Å². The molecule has 2 heterocycles. The molecule has 0 bridgehead atoms. The minimum atomic E-state index is -4.40. The van der Waals surface area contributed by atoms with E-state index in [-0.39, 0.29) is 0 Å². The van der Waals surface area contributed by atoms with Crippen molar-refractivity contribution in [2.24, 2.45) is 0 Å². The van der Waals surface area contributed by atoms with Gasteiger partial charge in [0.25, 0.3) is 0 Å². The van der Waals surface area contributed by atoms with Gasteiger partial charge in [-0.3, -0.25) is 4.98 Å². The van der Waals surface area contributed by atoms with Crippen molar-refractivity contribution in [3.63, 3.8) is 0 Å². The smallest absolute Gasteiger partial charge is 0.355 e. The van der Waals surface area contributed by atoms with Crippen molar-refractivity contribution in [1.29, 1.82) is 0 Å². The first-order valence-electron chi connectivity index (χ1n) is 8.25. The van der Waals surface area contributed by atoms with Crippen LogP contribution < -0.4 is 5.32 Å². The number of nitrogens with zero attached hydrogens (tertiary/aromatic N) is 2. The van der Waals surface area contributed by atoms with Gasteiger partial charge in [-0.15, -0.1) is 0 Å². The number of nitrogens with one attached hydrogen (secondary N) is 1. The molecule has 0 fully saturated rings. The van der Waals surface area contributed by atoms with Gasteiger partial charge in [-0.25, -0.2) is 4.98 Å². The van der Waals surface area contributed by atoms with E-state index in [4.69, 9.17) is 0 Å². The minimum absolute atomic E-state index is 0.411. The molecule has 0 amide bonds. The molecule has 6 heteroatoms. The van der Waals surface area contributed by atoms with Crippen LogP contribution in [0.4, 0.5) is 24.5 Å². The van der Waals surface area contributed by atoms with Crippen molar-refractivity contribution in [2.45, 2.75) is 6.18 Å². The highest BCUT2D eigenvalue weighted by atomic mass is 19.4. The Kier molecular flexibility index (Phi) is 4.24. The summed E-state index contributed by atoms with van der Waals surface area (Å²) < 4.78 is 39.2. The van der Waals surface area contributed by atoms with Gasteiger partial charge in [0.1, 0.15) is 0 Å². The molecule has 0 saturated heterocycles. The van der Waals surface area contributed by atoms with E-state index in [2.05, 4.69) is 15.3 Å². The molecule has 0 radical (unpaired) electrons. The second-order valence-electron chi connectivity index (χ2n) is 6.01. The number of benzene rings is 2. The van der Waals surface area contributed by atoms with Crippen LogP contribution in [0.3, 0.4) is 0 Å². The highest BCUT2D eigenvalue weighted by molar-refractivity contribution is 5.95. The molecule has 2 aromatic carbocycles. The molecule has 3 nitrogen and oxygen atoms in total. The molecule has 0 atom stereocenters. The Hall–Kier alpha value is -3.41. The van der Waals surface area contributed by atoms with Gasteiger partial charge in [-0.1, -0.05) is 30.3 Å². The lowest BCUT2D eigenvalue weighted by molar-refractivity contribution is -0.137. The maximum atomic E-state index is 13.1. The first kappa shape index (κ1) is 17.0. The number of pyridine rings is 2. The molecule has 2 aromatic heterocycles. The van der Waals surface area contributed by atoms with Gasteiger partial charge in [0.15, 0.2) is 0 Å². The topological polar surface area (TPSA) is 37.8 Å². The number of rotatable bonds is 3. The average molecular weight is 365 g/mol. The van der Waals surface area contributed by atoms with Crippen LogP contribution in [0, 0.1) is 0 Å². The molecular weight excluding hydrogens is 351 g/mol. The predicted octanol–water partition coefficient (Wildman–Crippen LogP) is 6.06. The van der Waals surface area contributed by atoms with Gasteiger partial charge in [0.2, 0.25) is 0 Å². The molecule has 4 aromatic rings. The van der Waals surface area contributed by atoms with Crippen LogP contribution in [-0.4, -0.2) is 9.97 Å². The third kappa shape index (κ3) is 3.60. The average Bonchev–Trinajstić information content (AvgIpc) is 2.68. The number of aromatic nitrogens is 2. The van der Waals surface area contributed by atoms with E-state index in [0.717, 1.165) is 28.9 Å². The number of fused-ring (bicyclic) bond motifs is 1. The Morgan fingerprint density at radius 3 is 2.37 bits per heavy atom. The molecule has 27 heavy (non-hydrogen) atoms. The zero-order valence-corrected chi connectivity index (χ0v) is 14.0. The van der Waals surface area contributed by atoms with E-state index < -0.39 is 11.7 Å². The molecule has 0 aliphatic rings. The van der Waals surface area contributed by atoms with Gasteiger partial charge < -0.3 is 5.32 Å². The normalized spacial score (nSPS) is 11.5. The maximum absolute atomic E-state index is 13.1. The van der Waals surface area contributed by atoms with E-state index in [9.17, 15) is 13.2 Å². The zero-order valence-electron chi connectivity index (χ0n) is 14.0. The van der Waals surface area contributed by atoms with Crippen LogP contribution in [0.15, 0.2) is 79.1 Å². The SMILES string of the molecule is FC(F)(F)c1cccc(-c2cc(Nc3ccncc3)c3ccccc3n2)c1. The summed E-state index contributed by atoms with van der Waals surface area (Å²) in [5, 5.41) is 4.18. The second kappa shape index (κ2) is 6.72. The van der Waals surface area contributed by atoms with Crippen molar-refractivity contribution in [2.75, 3.05) is 5.32 Å². The molecule has 0 aliphatic heterocycles. The quantitative estimate of drug-likeness (QED) is 0.480. The summed E-state index contributed by atoms with van der Waals surface area (Å²) in [7, 11) is 0. The minimum Gasteiger partial charge on any atom is -0.355 e. The van der Waals surface area contributed by atoms with Crippen LogP contribution in [0.1, 0.15) is 5.56 Å². The van der Waals surface area contributed by atoms with Gasteiger partial charge in [-0.05, 0) is 36.4 Å². The summed E-state index contributed by atoms with van der Waals surface area (Å²) in [5.41, 5.74) is 2.47. The fourth-order valence-corrected chi connectivity index (χ4v) is 2.87. The lowest BCUT2D eigenvalue weighted by Gasteiger charge is -2.13. The Morgan fingerprint density at radius 2 is 1.59 bits per heavy atom. The Labute approximate surface area is 153 Å². The summed E-state index contributed by atoms with van der Waals surface area (Å²) in [5.74, 6) is 0. The van der Waals surface area contributed by atoms with Crippen LogP contribution in [0.5, 0.6) is 0 Å². The van der Waals surface area contributed by atoms with Gasteiger partial charge >= 0.3 is 6.18 Å². The number of anilines is 2. The monoisotopic (exact) mass is 365 g/mol. The third-order valence-electron chi connectivity index (χ3n) is 4.16. The summed E-state index contributed by atoms with van der Waals surface area (Å²) in [6, 6.07) is 18.1. The fourth-order valence-electron chi connectivity index (χ4n) is 2.87. The van der Waals surface area contributed by atoms with Gasteiger partial charge in [0.05, 0.1) is 22.5 Å². The summed E-state index contributed by atoms with van der Waals surface area (Å²) in [6.07, 6.45) is -1.07. The summed E-state index contributed by atoms with van der Waals surface area (Å²) in [6.45, 7) is 0. The standard InChI is InChI=1S/C21H14F3N3/c22-21(23,24)15-5-3-4-14(12-15)19-13-20(26-16-8-10-25-11-9-16)17-6-1-2-7-18(17)27-19/h1-13H,(H,25,26,27). The molecule has 0 spiro atoms. The molecule has 134 valence electrons. The molecule has 4 rings (SSSR count). The molecule has 0 aliphatic carbocycles. The van der Waals surface area contributed by atoms with Crippen molar-refractivity contribution >= 4 is 22.3 Å². The number of alkyl halides is 3. The Bertz CT molecular complexity index is 1090. The molecule has 1 N–H and O–H groups in total. The van der Waals surface area contributed by atoms with E-state index in [1.165, 1.54) is 6.07 Å². The zero-order chi connectivity index (χ0) is 18.9. The number of hydrogen-bond donors (Lipinski definition) is 1. The van der Waals surface area contributed by atoms with Crippen molar-refractivity contribution in [3.05, 3.63) is 84.7 Å². The Balaban J connectivity index is 1.85. The lowest BCUT2D eigenvalue weighted by Crippen LogP contribution is -2.04. The Morgan fingerprint density at radius 1 is 0.815 bits per heavy atom. The third-order valence-corrected chi connectivity index (χ3v) is 4.16. The van der Waals surface area contributed by atoms with E-state index in [1.54, 1.807) is 24.5 Å². The summed E-state index contributed by atoms with van der Waals surface area (Å²) in [4.78, 5) is 8.54. The number of hydrogen-bond acceptors (Lipinski definition) is 3. The number of halogens is 3. The van der Waals surface area contributed by atoms with Crippen LogP contribution in [-0.2, 0) is 6.18 Å². The molecule has 0 unspecified atom stereocenters. The van der Waals surface area contributed by atoms with Crippen molar-refractivity contribution < 1.29 is 13.2 Å². The largest absolute Gasteiger partial charge is 0.416 e. The molecular formula is C21H14F3N3. The highest BCUT2D eigenvalue weighted by Crippen LogP contribution is 2.34. The first-order valence-corrected chi connectivity index (χ1v) is 8.25. The van der Waals surface area contributed by atoms with Crippen LogP contribution in [0.2, 0.25) is 0 Å². The van der Waals surface area contributed by atoms with Gasteiger partial charge in [-0.2, -0.15) is 13.2 Å². The van der Waals surface area contributed by atoms with E-state index in [0.29, 0.717) is 16.8 Å². The molecule has 0 saturated carbocycles. The first-order chi connectivity index (χ1) is 13.0. The van der Waals surface area contributed by atoms with Crippen molar-refractivity contribution in [1.82, 2.24) is 9.97 Å².